The highest BCUT2D eigenvalue weighted by Crippen LogP contribution is 2.44. The molecule has 0 aromatic heterocycles. The molecule has 12 heavy (non-hydrogen) atoms. The molecule has 1 aliphatic carbocycles. The summed E-state index contributed by atoms with van der Waals surface area (Å²) < 4.78 is 0. The molecule has 0 spiro atoms. The number of hydrogen-bond donors (Lipinski definition) is 2. The first-order valence-electron chi connectivity index (χ1n) is 3.80. The number of rotatable bonds is 4. The van der Waals surface area contributed by atoms with Gasteiger partial charge in [0, 0.05) is 10.5 Å². The summed E-state index contributed by atoms with van der Waals surface area (Å²) in [4.78, 5) is 0. The molecular formula is C6H12S6. The predicted molar refractivity (Wildman–Crippen MR) is 74.4 cm³/mol. The normalized spacial score (nSPS) is 30.5. The lowest BCUT2D eigenvalue weighted by atomic mass is 10.00. The third-order valence-electron chi connectivity index (χ3n) is 1.94. The van der Waals surface area contributed by atoms with Gasteiger partial charge in [0.05, 0.1) is 0 Å². The summed E-state index contributed by atoms with van der Waals surface area (Å²) in [7, 11) is 7.04. The van der Waals surface area contributed by atoms with Crippen molar-refractivity contribution in [2.75, 3.05) is 0 Å². The van der Waals surface area contributed by atoms with E-state index >= 15 is 0 Å². The van der Waals surface area contributed by atoms with Crippen LogP contribution in [0.1, 0.15) is 25.7 Å². The second-order valence-corrected chi connectivity index (χ2v) is 9.50. The van der Waals surface area contributed by atoms with Crippen LogP contribution in [0, 0.1) is 0 Å². The molecule has 0 heterocycles. The maximum atomic E-state index is 4.17. The minimum Gasteiger partial charge on any atom is -0.0997 e. The molecule has 1 unspecified atom stereocenters. The topological polar surface area (TPSA) is 0 Å². The van der Waals surface area contributed by atoms with Gasteiger partial charge in [-0.3, -0.25) is 0 Å². The van der Waals surface area contributed by atoms with Crippen molar-refractivity contribution < 1.29 is 0 Å². The van der Waals surface area contributed by atoms with Gasteiger partial charge < -0.3 is 0 Å². The Bertz CT molecular complexity index is 103. The lowest BCUT2D eigenvalue weighted by molar-refractivity contribution is 0.531. The molecule has 0 aliphatic heterocycles. The molecule has 0 aromatic carbocycles. The maximum Gasteiger partial charge on any atom is 0.0170 e. The summed E-state index contributed by atoms with van der Waals surface area (Å²) in [5.41, 5.74) is 0. The largest absolute Gasteiger partial charge is 0.0997 e. The number of hydrogen-bond acceptors (Lipinski definition) is 6. The minimum absolute atomic E-state index is 0.819. The van der Waals surface area contributed by atoms with Crippen molar-refractivity contribution in [1.29, 1.82) is 0 Å². The van der Waals surface area contributed by atoms with E-state index in [1.54, 1.807) is 19.7 Å². The molecule has 0 N–H and O–H groups in total. The standard InChI is InChI=1S/C6H12S6/c7-11-9-5-2-1-3-6(4-5)10-12-8/h5-8H,1-4H2/t5-,6?/m1/s1. The molecule has 0 aromatic rings. The average molecular weight is 277 g/mol. The zero-order valence-corrected chi connectivity index (χ0v) is 11.6. The van der Waals surface area contributed by atoms with E-state index in [1.807, 2.05) is 21.6 Å². The van der Waals surface area contributed by atoms with Gasteiger partial charge in [-0.25, -0.2) is 0 Å². The van der Waals surface area contributed by atoms with E-state index in [0.29, 0.717) is 0 Å². The Balaban J connectivity index is 2.20. The second-order valence-electron chi connectivity index (χ2n) is 2.75. The lowest BCUT2D eigenvalue weighted by Gasteiger charge is -2.26. The van der Waals surface area contributed by atoms with Gasteiger partial charge in [0.15, 0.2) is 0 Å². The van der Waals surface area contributed by atoms with E-state index < -0.39 is 0 Å². The SMILES string of the molecule is SSSC1CCC[C@@H](SSS)C1. The summed E-state index contributed by atoms with van der Waals surface area (Å²) in [5, 5.41) is 1.64. The Morgan fingerprint density at radius 3 is 1.83 bits per heavy atom. The van der Waals surface area contributed by atoms with E-state index in [2.05, 4.69) is 23.3 Å². The van der Waals surface area contributed by atoms with Gasteiger partial charge in [-0.15, -0.1) is 0 Å². The van der Waals surface area contributed by atoms with Gasteiger partial charge in [-0.05, 0) is 38.9 Å². The summed E-state index contributed by atoms with van der Waals surface area (Å²) >= 11 is 8.33. The zero-order chi connectivity index (χ0) is 8.81. The van der Waals surface area contributed by atoms with Crippen LogP contribution in [0.4, 0.5) is 0 Å². The van der Waals surface area contributed by atoms with Crippen molar-refractivity contribution in [3.05, 3.63) is 0 Å². The fourth-order valence-electron chi connectivity index (χ4n) is 1.40. The van der Waals surface area contributed by atoms with Crippen molar-refractivity contribution in [3.63, 3.8) is 0 Å². The van der Waals surface area contributed by atoms with Crippen molar-refractivity contribution in [3.8, 4) is 0 Å². The molecule has 0 radical (unpaired) electrons. The van der Waals surface area contributed by atoms with E-state index in [1.165, 1.54) is 25.7 Å². The lowest BCUT2D eigenvalue weighted by Crippen LogP contribution is -2.17. The van der Waals surface area contributed by atoms with E-state index in [0.717, 1.165) is 10.5 Å². The first kappa shape index (κ1) is 12.2. The van der Waals surface area contributed by atoms with Gasteiger partial charge in [-0.2, -0.15) is 0 Å². The monoisotopic (exact) mass is 276 g/mol. The Labute approximate surface area is 100.0 Å². The number of thiol groups is 2. The molecule has 6 heteroatoms. The molecule has 1 saturated carbocycles. The second kappa shape index (κ2) is 7.40. The quantitative estimate of drug-likeness (QED) is 0.561. The average Bonchev–Trinajstić information content (AvgIpc) is 2.06. The fourth-order valence-corrected chi connectivity index (χ4v) is 6.88. The maximum absolute atomic E-state index is 4.17. The molecule has 0 bridgehead atoms. The summed E-state index contributed by atoms with van der Waals surface area (Å²) in [5.74, 6) is 0. The molecule has 2 atom stereocenters. The van der Waals surface area contributed by atoms with Gasteiger partial charge in [-0.1, -0.05) is 51.3 Å². The van der Waals surface area contributed by atoms with Crippen LogP contribution in [0.2, 0.25) is 0 Å². The van der Waals surface area contributed by atoms with Crippen molar-refractivity contribution in [2.45, 2.75) is 36.2 Å². The van der Waals surface area contributed by atoms with Crippen LogP contribution in [-0.2, 0) is 0 Å². The third kappa shape index (κ3) is 4.55. The zero-order valence-electron chi connectivity index (χ0n) is 6.51. The predicted octanol–water partition coefficient (Wildman–Crippen LogP) is 4.75. The molecule has 0 saturated heterocycles. The first-order valence-corrected chi connectivity index (χ1v) is 10.3. The Kier molecular flexibility index (Phi) is 7.50. The molecule has 1 rings (SSSR count). The summed E-state index contributed by atoms with van der Waals surface area (Å²) in [6, 6.07) is 0. The van der Waals surface area contributed by atoms with Gasteiger partial charge in [0.1, 0.15) is 0 Å². The summed E-state index contributed by atoms with van der Waals surface area (Å²) in [6.07, 6.45) is 5.44. The highest BCUT2D eigenvalue weighted by molar-refractivity contribution is 9.06. The smallest absolute Gasteiger partial charge is 0.0170 e. The van der Waals surface area contributed by atoms with Crippen LogP contribution in [-0.4, -0.2) is 10.5 Å². The van der Waals surface area contributed by atoms with Crippen LogP contribution in [0.25, 0.3) is 0 Å². The van der Waals surface area contributed by atoms with Gasteiger partial charge in [0.2, 0.25) is 0 Å². The van der Waals surface area contributed by atoms with Crippen LogP contribution >= 0.6 is 64.6 Å². The van der Waals surface area contributed by atoms with Crippen LogP contribution in [0.3, 0.4) is 0 Å². The van der Waals surface area contributed by atoms with E-state index in [9.17, 15) is 0 Å². The van der Waals surface area contributed by atoms with Crippen LogP contribution in [0.5, 0.6) is 0 Å². The van der Waals surface area contributed by atoms with Crippen molar-refractivity contribution in [2.24, 2.45) is 0 Å². The molecular weight excluding hydrogens is 264 g/mol. The van der Waals surface area contributed by atoms with Crippen molar-refractivity contribution in [1.82, 2.24) is 0 Å². The molecule has 1 aliphatic rings. The molecule has 1 fully saturated rings. The first-order chi connectivity index (χ1) is 5.86. The van der Waals surface area contributed by atoms with Crippen molar-refractivity contribution >= 4 is 64.6 Å². The molecule has 0 nitrogen and oxygen atoms in total. The fraction of sp³-hybridized carbons (Fsp3) is 1.00. The Morgan fingerprint density at radius 2 is 1.42 bits per heavy atom. The van der Waals surface area contributed by atoms with E-state index in [-0.39, 0.29) is 0 Å². The highest BCUT2D eigenvalue weighted by Gasteiger charge is 2.22. The Morgan fingerprint density at radius 1 is 0.917 bits per heavy atom. The van der Waals surface area contributed by atoms with Crippen LogP contribution in [0.15, 0.2) is 0 Å². The summed E-state index contributed by atoms with van der Waals surface area (Å²) in [6.45, 7) is 0. The van der Waals surface area contributed by atoms with Gasteiger partial charge in [0.25, 0.3) is 0 Å². The third-order valence-corrected chi connectivity index (χ3v) is 7.21. The Hall–Kier alpha value is 2.10. The minimum atomic E-state index is 0.819. The van der Waals surface area contributed by atoms with Crippen LogP contribution < -0.4 is 0 Å². The van der Waals surface area contributed by atoms with E-state index in [4.69, 9.17) is 0 Å². The molecule has 72 valence electrons. The molecule has 0 amide bonds. The van der Waals surface area contributed by atoms with Gasteiger partial charge >= 0.3 is 0 Å². The highest BCUT2D eigenvalue weighted by atomic mass is 33.5.